The number of nitrogens with zero attached hydrogens (tertiary/aromatic N) is 4. The second kappa shape index (κ2) is 8.75. The first kappa shape index (κ1) is 21.0. The van der Waals surface area contributed by atoms with Crippen molar-refractivity contribution in [1.29, 1.82) is 0 Å². The summed E-state index contributed by atoms with van der Waals surface area (Å²) in [6, 6.07) is 8.59. The third-order valence-electron chi connectivity index (χ3n) is 4.68. The van der Waals surface area contributed by atoms with Gasteiger partial charge in [-0.15, -0.1) is 10.2 Å². The van der Waals surface area contributed by atoms with E-state index in [1.807, 2.05) is 24.0 Å². The monoisotopic (exact) mass is 418 g/mol. The second-order valence-corrected chi connectivity index (χ2v) is 8.77. The number of sulfonamides is 1. The van der Waals surface area contributed by atoms with Crippen molar-refractivity contribution in [3.63, 3.8) is 0 Å². The Morgan fingerprint density at radius 3 is 2.38 bits per heavy atom. The Hall–Kier alpha value is -2.72. The fourth-order valence-corrected chi connectivity index (χ4v) is 4.91. The molecule has 2 aromatic rings. The number of rotatable bonds is 6. The van der Waals surface area contributed by atoms with Crippen LogP contribution in [0.15, 0.2) is 35.2 Å². The van der Waals surface area contributed by atoms with E-state index in [4.69, 9.17) is 0 Å². The molecule has 1 aliphatic heterocycles. The Bertz CT molecular complexity index is 970. The molecule has 1 aromatic carbocycles. The molecule has 1 aliphatic rings. The lowest BCUT2D eigenvalue weighted by Gasteiger charge is -2.34. The summed E-state index contributed by atoms with van der Waals surface area (Å²) in [5, 5.41) is 14.1. The third kappa shape index (κ3) is 4.83. The highest BCUT2D eigenvalue weighted by molar-refractivity contribution is 7.89. The van der Waals surface area contributed by atoms with Crippen molar-refractivity contribution in [3.05, 3.63) is 35.9 Å². The average Bonchev–Trinajstić information content (AvgIpc) is 2.68. The van der Waals surface area contributed by atoms with Gasteiger partial charge in [0.05, 0.1) is 4.90 Å². The standard InChI is InChI=1S/C19H26N6O3S/c1-4-20-18-7-8-19(23-22-18)24-9-11-25(12-10-24)29(27,28)17-6-5-16(13-14(17)2)21-15(3)26/h5-8,13H,4,9-12H2,1-3H3,(H,20,22)(H,21,26). The number of amides is 1. The lowest BCUT2D eigenvalue weighted by Crippen LogP contribution is -2.49. The largest absolute Gasteiger partial charge is 0.369 e. The van der Waals surface area contributed by atoms with Gasteiger partial charge in [-0.2, -0.15) is 4.31 Å². The van der Waals surface area contributed by atoms with Gasteiger partial charge < -0.3 is 15.5 Å². The first-order chi connectivity index (χ1) is 13.8. The molecule has 1 amide bonds. The van der Waals surface area contributed by atoms with Crippen LogP contribution in [-0.4, -0.2) is 61.6 Å². The maximum absolute atomic E-state index is 13.1. The Kier molecular flexibility index (Phi) is 6.33. The lowest BCUT2D eigenvalue weighted by molar-refractivity contribution is -0.114. The molecule has 156 valence electrons. The van der Waals surface area contributed by atoms with Gasteiger partial charge in [0.1, 0.15) is 5.82 Å². The average molecular weight is 419 g/mol. The molecule has 0 bridgehead atoms. The summed E-state index contributed by atoms with van der Waals surface area (Å²) in [5.74, 6) is 1.26. The molecule has 1 fully saturated rings. The van der Waals surface area contributed by atoms with Crippen molar-refractivity contribution >= 4 is 33.3 Å². The van der Waals surface area contributed by atoms with Gasteiger partial charge in [-0.1, -0.05) is 0 Å². The van der Waals surface area contributed by atoms with Gasteiger partial charge in [-0.3, -0.25) is 4.79 Å². The van der Waals surface area contributed by atoms with Gasteiger partial charge in [0, 0.05) is 45.3 Å². The van der Waals surface area contributed by atoms with Gasteiger partial charge in [0.15, 0.2) is 5.82 Å². The highest BCUT2D eigenvalue weighted by Gasteiger charge is 2.30. The quantitative estimate of drug-likeness (QED) is 0.735. The number of aryl methyl sites for hydroxylation is 1. The molecule has 1 aromatic heterocycles. The molecular formula is C19H26N6O3S. The number of carbonyl (C=O) groups excluding carboxylic acids is 1. The summed E-state index contributed by atoms with van der Waals surface area (Å²) < 4.78 is 27.7. The summed E-state index contributed by atoms with van der Waals surface area (Å²) in [6.45, 7) is 7.72. The van der Waals surface area contributed by atoms with Crippen LogP contribution in [0, 0.1) is 6.92 Å². The Labute approximate surface area is 171 Å². The molecule has 0 aliphatic carbocycles. The third-order valence-corrected chi connectivity index (χ3v) is 6.74. The van der Waals surface area contributed by atoms with Crippen molar-refractivity contribution in [3.8, 4) is 0 Å². The van der Waals surface area contributed by atoms with Gasteiger partial charge in [-0.25, -0.2) is 8.42 Å². The topological polar surface area (TPSA) is 108 Å². The summed E-state index contributed by atoms with van der Waals surface area (Å²) >= 11 is 0. The van der Waals surface area contributed by atoms with Crippen molar-refractivity contribution in [2.75, 3.05) is 48.3 Å². The Balaban J connectivity index is 1.68. The molecular weight excluding hydrogens is 392 g/mol. The number of aromatic nitrogens is 2. The molecule has 1 saturated heterocycles. The number of hydrogen-bond donors (Lipinski definition) is 2. The van der Waals surface area contributed by atoms with Gasteiger partial charge in [0.2, 0.25) is 15.9 Å². The maximum atomic E-state index is 13.1. The van der Waals surface area contributed by atoms with Gasteiger partial charge >= 0.3 is 0 Å². The van der Waals surface area contributed by atoms with E-state index >= 15 is 0 Å². The van der Waals surface area contributed by atoms with Crippen molar-refractivity contribution < 1.29 is 13.2 Å². The van der Waals surface area contributed by atoms with E-state index in [-0.39, 0.29) is 10.8 Å². The SMILES string of the molecule is CCNc1ccc(N2CCN(S(=O)(=O)c3ccc(NC(C)=O)cc3C)CC2)nn1. The number of nitrogens with one attached hydrogen (secondary N) is 2. The van der Waals surface area contributed by atoms with Crippen LogP contribution >= 0.6 is 0 Å². The minimum Gasteiger partial charge on any atom is -0.369 e. The minimum absolute atomic E-state index is 0.197. The van der Waals surface area contributed by atoms with Crippen LogP contribution in [0.2, 0.25) is 0 Å². The van der Waals surface area contributed by atoms with E-state index in [9.17, 15) is 13.2 Å². The second-order valence-electron chi connectivity index (χ2n) is 6.86. The predicted octanol–water partition coefficient (Wildman–Crippen LogP) is 1.69. The summed E-state index contributed by atoms with van der Waals surface area (Å²) in [5.41, 5.74) is 1.18. The van der Waals surface area contributed by atoms with Crippen molar-refractivity contribution in [2.24, 2.45) is 0 Å². The molecule has 3 rings (SSSR count). The molecule has 2 heterocycles. The predicted molar refractivity (Wildman–Crippen MR) is 113 cm³/mol. The molecule has 9 nitrogen and oxygen atoms in total. The zero-order valence-electron chi connectivity index (χ0n) is 16.8. The van der Waals surface area contributed by atoms with E-state index in [2.05, 4.69) is 20.8 Å². The van der Waals surface area contributed by atoms with Crippen molar-refractivity contribution in [2.45, 2.75) is 25.7 Å². The van der Waals surface area contributed by atoms with E-state index in [0.29, 0.717) is 37.4 Å². The van der Waals surface area contributed by atoms with Crippen LogP contribution in [0.25, 0.3) is 0 Å². The van der Waals surface area contributed by atoms with Crippen LogP contribution in [0.5, 0.6) is 0 Å². The molecule has 0 atom stereocenters. The molecule has 0 spiro atoms. The van der Waals surface area contributed by atoms with Gasteiger partial charge in [0.25, 0.3) is 0 Å². The zero-order valence-corrected chi connectivity index (χ0v) is 17.7. The fourth-order valence-electron chi connectivity index (χ4n) is 3.29. The van der Waals surface area contributed by atoms with Crippen LogP contribution < -0.4 is 15.5 Å². The molecule has 0 unspecified atom stereocenters. The van der Waals surface area contributed by atoms with Crippen molar-refractivity contribution in [1.82, 2.24) is 14.5 Å². The van der Waals surface area contributed by atoms with Crippen LogP contribution in [0.3, 0.4) is 0 Å². The van der Waals surface area contributed by atoms with E-state index < -0.39 is 10.0 Å². The van der Waals surface area contributed by atoms with Crippen LogP contribution in [-0.2, 0) is 14.8 Å². The van der Waals surface area contributed by atoms with Gasteiger partial charge in [-0.05, 0) is 49.7 Å². The first-order valence-corrected chi connectivity index (χ1v) is 11.0. The molecule has 29 heavy (non-hydrogen) atoms. The Morgan fingerprint density at radius 1 is 1.10 bits per heavy atom. The minimum atomic E-state index is -3.61. The van der Waals surface area contributed by atoms with Crippen LogP contribution in [0.1, 0.15) is 19.4 Å². The van der Waals surface area contributed by atoms with Crippen LogP contribution in [0.4, 0.5) is 17.3 Å². The number of piperazine rings is 1. The number of benzene rings is 1. The summed E-state index contributed by atoms with van der Waals surface area (Å²) in [7, 11) is -3.61. The smallest absolute Gasteiger partial charge is 0.243 e. The fraction of sp³-hybridized carbons (Fsp3) is 0.421. The highest BCUT2D eigenvalue weighted by Crippen LogP contribution is 2.25. The molecule has 2 N–H and O–H groups in total. The highest BCUT2D eigenvalue weighted by atomic mass is 32.2. The number of hydrogen-bond acceptors (Lipinski definition) is 7. The maximum Gasteiger partial charge on any atom is 0.243 e. The zero-order chi connectivity index (χ0) is 21.0. The molecule has 0 saturated carbocycles. The van der Waals surface area contributed by atoms with E-state index in [1.165, 1.54) is 11.2 Å². The van der Waals surface area contributed by atoms with E-state index in [1.54, 1.807) is 25.1 Å². The molecule has 10 heteroatoms. The number of anilines is 3. The first-order valence-electron chi connectivity index (χ1n) is 9.52. The normalized spacial score (nSPS) is 15.2. The lowest BCUT2D eigenvalue weighted by atomic mass is 10.2. The Morgan fingerprint density at radius 2 is 1.83 bits per heavy atom. The number of carbonyl (C=O) groups is 1. The molecule has 0 radical (unpaired) electrons. The van der Waals surface area contributed by atoms with E-state index in [0.717, 1.165) is 18.2 Å². The summed E-state index contributed by atoms with van der Waals surface area (Å²) in [6.07, 6.45) is 0. The summed E-state index contributed by atoms with van der Waals surface area (Å²) in [4.78, 5) is 13.5.